The number of hydrogen-bond acceptors (Lipinski definition) is 5. The lowest BCUT2D eigenvalue weighted by Crippen LogP contribution is -2.43. The predicted molar refractivity (Wildman–Crippen MR) is 116 cm³/mol. The van der Waals surface area contributed by atoms with E-state index in [-0.39, 0.29) is 23.4 Å². The lowest BCUT2D eigenvalue weighted by atomic mass is 9.88. The summed E-state index contributed by atoms with van der Waals surface area (Å²) in [7, 11) is 3.25. The van der Waals surface area contributed by atoms with Gasteiger partial charge in [-0.05, 0) is 31.9 Å². The zero-order valence-electron chi connectivity index (χ0n) is 18.3. The third kappa shape index (κ3) is 4.90. The van der Waals surface area contributed by atoms with E-state index in [0.29, 0.717) is 43.0 Å². The normalized spacial score (nSPS) is 16.0. The minimum atomic E-state index is -0.344. The smallest absolute Gasteiger partial charge is 0.261 e. The molecule has 1 saturated carbocycles. The molecule has 1 heterocycles. The van der Waals surface area contributed by atoms with Crippen LogP contribution in [0.15, 0.2) is 29.1 Å². The van der Waals surface area contributed by atoms with E-state index in [1.54, 1.807) is 24.9 Å². The Labute approximate surface area is 178 Å². The molecular weight excluding hydrogens is 382 g/mol. The Balaban J connectivity index is 2.02. The van der Waals surface area contributed by atoms with Crippen molar-refractivity contribution in [1.29, 1.82) is 0 Å². The van der Waals surface area contributed by atoms with E-state index in [4.69, 9.17) is 14.5 Å². The van der Waals surface area contributed by atoms with Crippen LogP contribution in [-0.2, 0) is 20.8 Å². The van der Waals surface area contributed by atoms with Crippen LogP contribution in [0.1, 0.15) is 50.9 Å². The molecule has 1 atom stereocenters. The first-order valence-electron chi connectivity index (χ1n) is 10.9. The molecule has 1 unspecified atom stereocenters. The van der Waals surface area contributed by atoms with Crippen molar-refractivity contribution in [2.24, 2.45) is 5.92 Å². The van der Waals surface area contributed by atoms with Gasteiger partial charge in [-0.1, -0.05) is 31.4 Å². The highest BCUT2D eigenvalue weighted by Crippen LogP contribution is 2.29. The molecule has 1 amide bonds. The number of rotatable bonds is 9. The van der Waals surface area contributed by atoms with E-state index in [1.165, 1.54) is 6.42 Å². The molecule has 1 aliphatic rings. The van der Waals surface area contributed by atoms with Gasteiger partial charge in [0.15, 0.2) is 0 Å². The van der Waals surface area contributed by atoms with Crippen molar-refractivity contribution in [2.75, 3.05) is 34.0 Å². The molecule has 30 heavy (non-hydrogen) atoms. The number of hydrogen-bond donors (Lipinski definition) is 0. The highest BCUT2D eigenvalue weighted by Gasteiger charge is 2.31. The SMILES string of the molecule is COCCN(C(=O)C1CCCCC1)C(C)c1nc2ccccc2c(=O)n1CCOC. The van der Waals surface area contributed by atoms with Gasteiger partial charge in [0.2, 0.25) is 5.91 Å². The lowest BCUT2D eigenvalue weighted by Gasteiger charge is -2.34. The number of nitrogens with zero attached hydrogens (tertiary/aromatic N) is 3. The minimum absolute atomic E-state index is 0.0395. The summed E-state index contributed by atoms with van der Waals surface area (Å²) in [6.07, 6.45) is 5.23. The third-order valence-electron chi connectivity index (χ3n) is 6.03. The molecule has 1 aromatic heterocycles. The Bertz CT molecular complexity index is 905. The fourth-order valence-electron chi connectivity index (χ4n) is 4.31. The standard InChI is InChI=1S/C23H33N3O4/c1-17(25(13-15-29-2)22(27)18-9-5-4-6-10-18)21-24-20-12-8-7-11-19(20)23(28)26(21)14-16-30-3/h7-8,11-12,17-18H,4-6,9-10,13-16H2,1-3H3. The molecular formula is C23H33N3O4. The van der Waals surface area contributed by atoms with Gasteiger partial charge in [-0.2, -0.15) is 0 Å². The largest absolute Gasteiger partial charge is 0.383 e. The summed E-state index contributed by atoms with van der Waals surface area (Å²) in [5.41, 5.74) is 0.547. The minimum Gasteiger partial charge on any atom is -0.383 e. The molecule has 0 spiro atoms. The number of benzene rings is 1. The van der Waals surface area contributed by atoms with E-state index in [2.05, 4.69) is 0 Å². The molecule has 2 aromatic rings. The van der Waals surface area contributed by atoms with Crippen molar-refractivity contribution in [3.63, 3.8) is 0 Å². The maximum atomic E-state index is 13.4. The summed E-state index contributed by atoms with van der Waals surface area (Å²) in [6.45, 7) is 3.66. The molecule has 1 aromatic carbocycles. The molecule has 3 rings (SSSR count). The quantitative estimate of drug-likeness (QED) is 0.629. The second-order valence-electron chi connectivity index (χ2n) is 7.97. The zero-order valence-corrected chi connectivity index (χ0v) is 18.3. The first-order valence-corrected chi connectivity index (χ1v) is 10.9. The van der Waals surface area contributed by atoms with Crippen molar-refractivity contribution in [1.82, 2.24) is 14.5 Å². The van der Waals surface area contributed by atoms with Crippen LogP contribution in [0.4, 0.5) is 0 Å². The van der Waals surface area contributed by atoms with Gasteiger partial charge in [-0.25, -0.2) is 4.98 Å². The molecule has 7 nitrogen and oxygen atoms in total. The van der Waals surface area contributed by atoms with Crippen LogP contribution in [0.25, 0.3) is 10.9 Å². The summed E-state index contributed by atoms with van der Waals surface area (Å²) in [5, 5.41) is 0.576. The molecule has 164 valence electrons. The summed E-state index contributed by atoms with van der Waals surface area (Å²) in [4.78, 5) is 33.3. The Morgan fingerprint density at radius 3 is 2.57 bits per heavy atom. The van der Waals surface area contributed by atoms with Crippen molar-refractivity contribution in [2.45, 2.75) is 51.6 Å². The van der Waals surface area contributed by atoms with Crippen molar-refractivity contribution < 1.29 is 14.3 Å². The maximum absolute atomic E-state index is 13.4. The number of carbonyl (C=O) groups excluding carboxylic acids is 1. The number of para-hydroxylation sites is 1. The van der Waals surface area contributed by atoms with E-state index in [9.17, 15) is 9.59 Å². The van der Waals surface area contributed by atoms with Crippen molar-refractivity contribution in [3.8, 4) is 0 Å². The molecule has 1 aliphatic carbocycles. The van der Waals surface area contributed by atoms with E-state index >= 15 is 0 Å². The highest BCUT2D eigenvalue weighted by atomic mass is 16.5. The van der Waals surface area contributed by atoms with Gasteiger partial charge in [0.1, 0.15) is 5.82 Å². The Hall–Kier alpha value is -2.25. The zero-order chi connectivity index (χ0) is 21.5. The van der Waals surface area contributed by atoms with Crippen LogP contribution >= 0.6 is 0 Å². The van der Waals surface area contributed by atoms with Crippen LogP contribution in [0, 0.1) is 5.92 Å². The fourth-order valence-corrected chi connectivity index (χ4v) is 4.31. The molecule has 1 fully saturated rings. The van der Waals surface area contributed by atoms with Gasteiger partial charge in [0.25, 0.3) is 5.56 Å². The van der Waals surface area contributed by atoms with Gasteiger partial charge in [0.05, 0.1) is 36.7 Å². The number of aromatic nitrogens is 2. The maximum Gasteiger partial charge on any atom is 0.261 e. The van der Waals surface area contributed by atoms with E-state index in [1.807, 2.05) is 30.0 Å². The second kappa shape index (κ2) is 10.7. The predicted octanol–water partition coefficient (Wildman–Crippen LogP) is 3.16. The first kappa shape index (κ1) is 22.4. The Morgan fingerprint density at radius 2 is 1.87 bits per heavy atom. The van der Waals surface area contributed by atoms with Crippen LogP contribution in [0.2, 0.25) is 0 Å². The molecule has 7 heteroatoms. The first-order chi connectivity index (χ1) is 14.6. The Morgan fingerprint density at radius 1 is 1.17 bits per heavy atom. The summed E-state index contributed by atoms with van der Waals surface area (Å²) in [5.74, 6) is 0.772. The summed E-state index contributed by atoms with van der Waals surface area (Å²) >= 11 is 0. The molecule has 0 bridgehead atoms. The van der Waals surface area contributed by atoms with E-state index in [0.717, 1.165) is 25.7 Å². The van der Waals surface area contributed by atoms with Crippen LogP contribution in [-0.4, -0.2) is 54.3 Å². The number of amides is 1. The summed E-state index contributed by atoms with van der Waals surface area (Å²) in [6, 6.07) is 7.00. The molecule has 0 N–H and O–H groups in total. The average Bonchev–Trinajstić information content (AvgIpc) is 2.79. The van der Waals surface area contributed by atoms with Crippen LogP contribution < -0.4 is 5.56 Å². The van der Waals surface area contributed by atoms with Crippen LogP contribution in [0.3, 0.4) is 0 Å². The Kier molecular flexibility index (Phi) is 7.99. The van der Waals surface area contributed by atoms with Gasteiger partial charge in [-0.15, -0.1) is 0 Å². The molecule has 0 aliphatic heterocycles. The van der Waals surface area contributed by atoms with Gasteiger partial charge < -0.3 is 14.4 Å². The topological polar surface area (TPSA) is 73.7 Å². The number of fused-ring (bicyclic) bond motifs is 1. The van der Waals surface area contributed by atoms with Crippen molar-refractivity contribution >= 4 is 16.8 Å². The van der Waals surface area contributed by atoms with Gasteiger partial charge in [-0.3, -0.25) is 14.2 Å². The fraction of sp³-hybridized carbons (Fsp3) is 0.609. The molecule has 0 radical (unpaired) electrons. The number of carbonyl (C=O) groups is 1. The average molecular weight is 416 g/mol. The van der Waals surface area contributed by atoms with Crippen molar-refractivity contribution in [3.05, 3.63) is 40.4 Å². The monoisotopic (exact) mass is 415 g/mol. The highest BCUT2D eigenvalue weighted by molar-refractivity contribution is 5.80. The number of methoxy groups -OCH3 is 2. The summed E-state index contributed by atoms with van der Waals surface area (Å²) < 4.78 is 12.2. The third-order valence-corrected chi connectivity index (χ3v) is 6.03. The molecule has 0 saturated heterocycles. The van der Waals surface area contributed by atoms with E-state index < -0.39 is 0 Å². The lowest BCUT2D eigenvalue weighted by molar-refractivity contribution is -0.139. The van der Waals surface area contributed by atoms with Gasteiger partial charge in [0, 0.05) is 26.7 Å². The van der Waals surface area contributed by atoms with Crippen LogP contribution in [0.5, 0.6) is 0 Å². The second-order valence-corrected chi connectivity index (χ2v) is 7.97. The van der Waals surface area contributed by atoms with Gasteiger partial charge >= 0.3 is 0 Å². The number of ether oxygens (including phenoxy) is 2.